The molecule has 2 nitrogen and oxygen atoms in total. The third-order valence-electron chi connectivity index (χ3n) is 2.25. The van der Waals surface area contributed by atoms with Gasteiger partial charge in [-0.05, 0) is 51.8 Å². The molecule has 0 atom stereocenters. The lowest BCUT2D eigenvalue weighted by Gasteiger charge is -2.11. The van der Waals surface area contributed by atoms with Crippen LogP contribution in [-0.4, -0.2) is 18.8 Å². The fourth-order valence-electron chi connectivity index (χ4n) is 1.51. The highest BCUT2D eigenvalue weighted by Crippen LogP contribution is 2.11. The fraction of sp³-hybridized carbons (Fsp3) is 0.571. The van der Waals surface area contributed by atoms with E-state index in [2.05, 4.69) is 57.3 Å². The minimum absolute atomic E-state index is 0.321. The molecule has 1 aromatic carbocycles. The quantitative estimate of drug-likeness (QED) is 0.794. The molecule has 16 heavy (non-hydrogen) atoms. The van der Waals surface area contributed by atoms with Crippen LogP contribution in [0, 0.1) is 0 Å². The maximum atomic E-state index is 5.52. The Labute approximate surface area is 99.0 Å². The van der Waals surface area contributed by atoms with Crippen LogP contribution in [0.5, 0.6) is 0 Å². The first-order valence-electron chi connectivity index (χ1n) is 6.05. The van der Waals surface area contributed by atoms with Crippen LogP contribution in [0.15, 0.2) is 24.3 Å². The van der Waals surface area contributed by atoms with Gasteiger partial charge >= 0.3 is 0 Å². The van der Waals surface area contributed by atoms with Crippen LogP contribution in [0.25, 0.3) is 0 Å². The average Bonchev–Trinajstić information content (AvgIpc) is 2.19. The second kappa shape index (κ2) is 6.54. The summed E-state index contributed by atoms with van der Waals surface area (Å²) in [4.78, 5) is 0. The van der Waals surface area contributed by atoms with Gasteiger partial charge in [-0.2, -0.15) is 0 Å². The SMILES string of the molecule is CC(C)Nc1ccc(CCOC(C)C)cc1. The molecule has 0 radical (unpaired) electrons. The Bertz CT molecular complexity index is 290. The molecule has 0 aliphatic rings. The number of anilines is 1. The Morgan fingerprint density at radius 2 is 1.69 bits per heavy atom. The molecule has 1 aromatic rings. The molecule has 90 valence electrons. The Morgan fingerprint density at radius 1 is 1.06 bits per heavy atom. The van der Waals surface area contributed by atoms with Crippen molar-refractivity contribution in [3.8, 4) is 0 Å². The van der Waals surface area contributed by atoms with E-state index in [1.165, 1.54) is 11.3 Å². The van der Waals surface area contributed by atoms with E-state index in [9.17, 15) is 0 Å². The third kappa shape index (κ3) is 5.17. The van der Waals surface area contributed by atoms with Crippen LogP contribution in [0.2, 0.25) is 0 Å². The normalized spacial score (nSPS) is 11.1. The second-order valence-electron chi connectivity index (χ2n) is 4.67. The first-order valence-corrected chi connectivity index (χ1v) is 6.05. The summed E-state index contributed by atoms with van der Waals surface area (Å²) in [5.41, 5.74) is 2.51. The molecule has 0 unspecified atom stereocenters. The maximum absolute atomic E-state index is 5.52. The molecule has 0 aliphatic carbocycles. The molecular weight excluding hydrogens is 198 g/mol. The van der Waals surface area contributed by atoms with Crippen molar-refractivity contribution in [1.82, 2.24) is 0 Å². The summed E-state index contributed by atoms with van der Waals surface area (Å²) in [5.74, 6) is 0. The Hall–Kier alpha value is -1.02. The van der Waals surface area contributed by atoms with Crippen LogP contribution < -0.4 is 5.32 Å². The van der Waals surface area contributed by atoms with E-state index in [0.717, 1.165) is 13.0 Å². The third-order valence-corrected chi connectivity index (χ3v) is 2.25. The molecule has 0 heterocycles. The molecule has 0 aromatic heterocycles. The minimum atomic E-state index is 0.321. The lowest BCUT2D eigenvalue weighted by Crippen LogP contribution is -2.09. The van der Waals surface area contributed by atoms with Gasteiger partial charge in [0.15, 0.2) is 0 Å². The average molecular weight is 221 g/mol. The Kier molecular flexibility index (Phi) is 5.33. The van der Waals surface area contributed by atoms with E-state index >= 15 is 0 Å². The van der Waals surface area contributed by atoms with E-state index in [-0.39, 0.29) is 0 Å². The number of benzene rings is 1. The van der Waals surface area contributed by atoms with Gasteiger partial charge < -0.3 is 10.1 Å². The molecule has 1 N–H and O–H groups in total. The van der Waals surface area contributed by atoms with Crippen molar-refractivity contribution in [3.05, 3.63) is 29.8 Å². The first-order chi connectivity index (χ1) is 7.58. The van der Waals surface area contributed by atoms with Gasteiger partial charge in [0.1, 0.15) is 0 Å². The zero-order chi connectivity index (χ0) is 12.0. The van der Waals surface area contributed by atoms with Crippen molar-refractivity contribution in [2.45, 2.75) is 46.3 Å². The summed E-state index contributed by atoms with van der Waals surface area (Å²) in [6.45, 7) is 9.22. The number of hydrogen-bond acceptors (Lipinski definition) is 2. The predicted molar refractivity (Wildman–Crippen MR) is 70.0 cm³/mol. The molecule has 0 saturated carbocycles. The van der Waals surface area contributed by atoms with Gasteiger partial charge in [0.05, 0.1) is 12.7 Å². The summed E-state index contributed by atoms with van der Waals surface area (Å²) >= 11 is 0. The van der Waals surface area contributed by atoms with E-state index < -0.39 is 0 Å². The molecule has 2 heteroatoms. The number of ether oxygens (including phenoxy) is 1. The van der Waals surface area contributed by atoms with Gasteiger partial charge in [0.2, 0.25) is 0 Å². The smallest absolute Gasteiger partial charge is 0.0519 e. The number of hydrogen-bond donors (Lipinski definition) is 1. The number of rotatable bonds is 6. The second-order valence-corrected chi connectivity index (χ2v) is 4.67. The van der Waals surface area contributed by atoms with E-state index in [4.69, 9.17) is 4.74 Å². The van der Waals surface area contributed by atoms with Gasteiger partial charge in [0, 0.05) is 11.7 Å². The standard InChI is InChI=1S/C14H23NO/c1-11(2)15-14-7-5-13(6-8-14)9-10-16-12(3)4/h5-8,11-12,15H,9-10H2,1-4H3. The van der Waals surface area contributed by atoms with Crippen molar-refractivity contribution in [1.29, 1.82) is 0 Å². The van der Waals surface area contributed by atoms with Crippen LogP contribution >= 0.6 is 0 Å². The highest BCUT2D eigenvalue weighted by atomic mass is 16.5. The lowest BCUT2D eigenvalue weighted by atomic mass is 10.1. The molecule has 1 rings (SSSR count). The van der Waals surface area contributed by atoms with E-state index in [1.54, 1.807) is 0 Å². The topological polar surface area (TPSA) is 21.3 Å². The Balaban J connectivity index is 2.39. The van der Waals surface area contributed by atoms with Crippen molar-refractivity contribution in [2.75, 3.05) is 11.9 Å². The number of nitrogens with one attached hydrogen (secondary N) is 1. The van der Waals surface area contributed by atoms with E-state index in [0.29, 0.717) is 12.1 Å². The summed E-state index contributed by atoms with van der Waals surface area (Å²) in [6, 6.07) is 9.06. The summed E-state index contributed by atoms with van der Waals surface area (Å²) in [6.07, 6.45) is 1.31. The van der Waals surface area contributed by atoms with Gasteiger partial charge in [-0.25, -0.2) is 0 Å². The van der Waals surface area contributed by atoms with Crippen molar-refractivity contribution in [3.63, 3.8) is 0 Å². The van der Waals surface area contributed by atoms with E-state index in [1.807, 2.05) is 0 Å². The molecule has 0 bridgehead atoms. The minimum Gasteiger partial charge on any atom is -0.383 e. The van der Waals surface area contributed by atoms with Crippen molar-refractivity contribution in [2.24, 2.45) is 0 Å². The van der Waals surface area contributed by atoms with Gasteiger partial charge in [0.25, 0.3) is 0 Å². The molecule has 0 amide bonds. The maximum Gasteiger partial charge on any atom is 0.0519 e. The predicted octanol–water partition coefficient (Wildman–Crippen LogP) is 3.47. The monoisotopic (exact) mass is 221 g/mol. The van der Waals surface area contributed by atoms with Crippen molar-refractivity contribution < 1.29 is 4.74 Å². The Morgan fingerprint density at radius 3 is 2.19 bits per heavy atom. The largest absolute Gasteiger partial charge is 0.383 e. The highest BCUT2D eigenvalue weighted by Gasteiger charge is 1.98. The highest BCUT2D eigenvalue weighted by molar-refractivity contribution is 5.45. The van der Waals surface area contributed by atoms with Crippen LogP contribution in [0.1, 0.15) is 33.3 Å². The summed E-state index contributed by atoms with van der Waals surface area (Å²) in [5, 5.41) is 3.38. The zero-order valence-corrected chi connectivity index (χ0v) is 10.8. The summed E-state index contributed by atoms with van der Waals surface area (Å²) in [7, 11) is 0. The zero-order valence-electron chi connectivity index (χ0n) is 10.8. The molecule has 0 fully saturated rings. The van der Waals surface area contributed by atoms with Gasteiger partial charge in [-0.1, -0.05) is 12.1 Å². The first kappa shape index (κ1) is 13.0. The van der Waals surface area contributed by atoms with Gasteiger partial charge in [-0.3, -0.25) is 0 Å². The lowest BCUT2D eigenvalue weighted by molar-refractivity contribution is 0.0813. The molecule has 0 spiro atoms. The molecular formula is C14H23NO. The summed E-state index contributed by atoms with van der Waals surface area (Å²) < 4.78 is 5.52. The van der Waals surface area contributed by atoms with Crippen molar-refractivity contribution >= 4 is 5.69 Å². The van der Waals surface area contributed by atoms with Gasteiger partial charge in [-0.15, -0.1) is 0 Å². The van der Waals surface area contributed by atoms with Crippen LogP contribution in [0.4, 0.5) is 5.69 Å². The fourth-order valence-corrected chi connectivity index (χ4v) is 1.51. The van der Waals surface area contributed by atoms with Crippen LogP contribution in [0.3, 0.4) is 0 Å². The van der Waals surface area contributed by atoms with Crippen LogP contribution in [-0.2, 0) is 11.2 Å². The molecule has 0 saturated heterocycles. The molecule has 0 aliphatic heterocycles.